The zero-order chi connectivity index (χ0) is 14.4. The Morgan fingerprint density at radius 2 is 2.35 bits per heavy atom. The summed E-state index contributed by atoms with van der Waals surface area (Å²) in [5.41, 5.74) is 2.11. The summed E-state index contributed by atoms with van der Waals surface area (Å²) in [6.07, 6.45) is 2.83. The summed E-state index contributed by atoms with van der Waals surface area (Å²) >= 11 is 7.25. The van der Waals surface area contributed by atoms with Gasteiger partial charge in [-0.2, -0.15) is 0 Å². The Labute approximate surface area is 126 Å². The topological polar surface area (TPSA) is 51.2 Å². The van der Waals surface area contributed by atoms with Crippen LogP contribution in [0.4, 0.5) is 5.69 Å². The Kier molecular flexibility index (Phi) is 5.38. The number of aryl methyl sites for hydroxylation is 1. The SMILES string of the molecule is COC(=O)CCc1cccc(NCc2cnc(Cl)s2)c1. The molecule has 0 spiro atoms. The van der Waals surface area contributed by atoms with Gasteiger partial charge in [0.2, 0.25) is 0 Å². The van der Waals surface area contributed by atoms with Crippen molar-refractivity contribution in [3.05, 3.63) is 45.4 Å². The van der Waals surface area contributed by atoms with E-state index in [4.69, 9.17) is 11.6 Å². The third-order valence-corrected chi connectivity index (χ3v) is 3.88. The van der Waals surface area contributed by atoms with Crippen LogP contribution in [0.15, 0.2) is 30.5 Å². The van der Waals surface area contributed by atoms with E-state index in [1.54, 1.807) is 6.20 Å². The van der Waals surface area contributed by atoms with Crippen molar-refractivity contribution < 1.29 is 9.53 Å². The lowest BCUT2D eigenvalue weighted by Gasteiger charge is -2.07. The van der Waals surface area contributed by atoms with E-state index in [-0.39, 0.29) is 5.97 Å². The number of hydrogen-bond acceptors (Lipinski definition) is 5. The second kappa shape index (κ2) is 7.26. The number of hydrogen-bond donors (Lipinski definition) is 1. The van der Waals surface area contributed by atoms with E-state index < -0.39 is 0 Å². The molecular formula is C14H15ClN2O2S. The minimum atomic E-state index is -0.192. The first-order chi connectivity index (χ1) is 9.67. The molecule has 0 saturated heterocycles. The Balaban J connectivity index is 1.90. The molecule has 0 aliphatic heterocycles. The number of thiazole rings is 1. The lowest BCUT2D eigenvalue weighted by atomic mass is 10.1. The number of nitrogens with one attached hydrogen (secondary N) is 1. The van der Waals surface area contributed by atoms with Gasteiger partial charge in [-0.15, -0.1) is 11.3 Å². The van der Waals surface area contributed by atoms with Gasteiger partial charge in [-0.1, -0.05) is 23.7 Å². The van der Waals surface area contributed by atoms with Gasteiger partial charge in [0.1, 0.15) is 0 Å². The van der Waals surface area contributed by atoms with Crippen molar-refractivity contribution in [3.63, 3.8) is 0 Å². The van der Waals surface area contributed by atoms with E-state index in [1.807, 2.05) is 24.3 Å². The lowest BCUT2D eigenvalue weighted by molar-refractivity contribution is -0.140. The van der Waals surface area contributed by atoms with Crippen molar-refractivity contribution in [3.8, 4) is 0 Å². The molecule has 2 aromatic rings. The largest absolute Gasteiger partial charge is 0.469 e. The Morgan fingerprint density at radius 3 is 3.05 bits per heavy atom. The van der Waals surface area contributed by atoms with E-state index in [1.165, 1.54) is 18.4 Å². The summed E-state index contributed by atoms with van der Waals surface area (Å²) in [5.74, 6) is -0.192. The highest BCUT2D eigenvalue weighted by Gasteiger charge is 2.03. The number of rotatable bonds is 6. The summed E-state index contributed by atoms with van der Waals surface area (Å²) in [4.78, 5) is 16.2. The number of esters is 1. The summed E-state index contributed by atoms with van der Waals surface area (Å²) in [6, 6.07) is 7.99. The normalized spacial score (nSPS) is 10.3. The van der Waals surface area contributed by atoms with E-state index in [0.717, 1.165) is 16.1 Å². The predicted molar refractivity (Wildman–Crippen MR) is 81.2 cm³/mol. The van der Waals surface area contributed by atoms with Crippen LogP contribution >= 0.6 is 22.9 Å². The quantitative estimate of drug-likeness (QED) is 0.830. The van der Waals surface area contributed by atoms with Gasteiger partial charge in [0, 0.05) is 23.2 Å². The highest BCUT2D eigenvalue weighted by atomic mass is 35.5. The molecular weight excluding hydrogens is 296 g/mol. The molecule has 1 aromatic heterocycles. The predicted octanol–water partition coefficient (Wildman–Crippen LogP) is 3.51. The van der Waals surface area contributed by atoms with Crippen molar-refractivity contribution in [2.75, 3.05) is 12.4 Å². The number of ether oxygens (including phenoxy) is 1. The molecule has 0 bridgehead atoms. The molecule has 0 saturated carbocycles. The number of aromatic nitrogens is 1. The number of halogens is 1. The average molecular weight is 311 g/mol. The van der Waals surface area contributed by atoms with Gasteiger partial charge < -0.3 is 10.1 Å². The summed E-state index contributed by atoms with van der Waals surface area (Å²) in [5, 5.41) is 3.31. The van der Waals surface area contributed by atoms with Gasteiger partial charge in [-0.3, -0.25) is 4.79 Å². The van der Waals surface area contributed by atoms with E-state index in [0.29, 0.717) is 23.9 Å². The Bertz CT molecular complexity index is 586. The molecule has 6 heteroatoms. The van der Waals surface area contributed by atoms with Crippen LogP contribution in [0.2, 0.25) is 4.47 Å². The molecule has 1 N–H and O–H groups in total. The van der Waals surface area contributed by atoms with Gasteiger partial charge in [0.15, 0.2) is 4.47 Å². The summed E-state index contributed by atoms with van der Waals surface area (Å²) < 4.78 is 5.19. The van der Waals surface area contributed by atoms with E-state index in [9.17, 15) is 4.79 Å². The van der Waals surface area contributed by atoms with Crippen LogP contribution in [0.1, 0.15) is 16.9 Å². The maximum absolute atomic E-state index is 11.1. The van der Waals surface area contributed by atoms with Crippen molar-refractivity contribution in [2.45, 2.75) is 19.4 Å². The fourth-order valence-electron chi connectivity index (χ4n) is 1.74. The number of carbonyl (C=O) groups is 1. The molecule has 0 atom stereocenters. The summed E-state index contributed by atoms with van der Waals surface area (Å²) in [7, 11) is 1.40. The Hall–Kier alpha value is -1.59. The summed E-state index contributed by atoms with van der Waals surface area (Å²) in [6.45, 7) is 0.685. The van der Waals surface area contributed by atoms with Crippen LogP contribution in [0.25, 0.3) is 0 Å². The van der Waals surface area contributed by atoms with E-state index >= 15 is 0 Å². The molecule has 0 aliphatic rings. The molecule has 0 fully saturated rings. The van der Waals surface area contributed by atoms with Crippen molar-refractivity contribution in [2.24, 2.45) is 0 Å². The van der Waals surface area contributed by atoms with Crippen LogP contribution < -0.4 is 5.32 Å². The van der Waals surface area contributed by atoms with Gasteiger partial charge in [-0.05, 0) is 24.1 Å². The number of nitrogens with zero attached hydrogens (tertiary/aromatic N) is 1. The van der Waals surface area contributed by atoms with Crippen molar-refractivity contribution in [1.82, 2.24) is 4.98 Å². The number of benzene rings is 1. The maximum Gasteiger partial charge on any atom is 0.305 e. The second-order valence-corrected chi connectivity index (χ2v) is 5.91. The van der Waals surface area contributed by atoms with Gasteiger partial charge in [0.25, 0.3) is 0 Å². The number of anilines is 1. The molecule has 0 radical (unpaired) electrons. The van der Waals surface area contributed by atoms with Gasteiger partial charge >= 0.3 is 5.97 Å². The first-order valence-electron chi connectivity index (χ1n) is 6.17. The molecule has 1 aromatic carbocycles. The Morgan fingerprint density at radius 1 is 1.50 bits per heavy atom. The fourth-order valence-corrected chi connectivity index (χ4v) is 2.66. The standard InChI is InChI=1S/C14H15ClN2O2S/c1-19-13(18)6-5-10-3-2-4-11(7-10)16-8-12-9-17-14(15)20-12/h2-4,7,9,16H,5-6,8H2,1H3. The molecule has 0 aliphatic carbocycles. The molecule has 1 heterocycles. The average Bonchev–Trinajstić information content (AvgIpc) is 2.88. The minimum Gasteiger partial charge on any atom is -0.469 e. The van der Waals surface area contributed by atoms with Crippen molar-refractivity contribution in [1.29, 1.82) is 0 Å². The third kappa shape index (κ3) is 4.51. The van der Waals surface area contributed by atoms with Crippen LogP contribution in [0.3, 0.4) is 0 Å². The molecule has 106 valence electrons. The van der Waals surface area contributed by atoms with Crippen LogP contribution in [-0.4, -0.2) is 18.1 Å². The lowest BCUT2D eigenvalue weighted by Crippen LogP contribution is -2.02. The van der Waals surface area contributed by atoms with Crippen LogP contribution in [0.5, 0.6) is 0 Å². The minimum absolute atomic E-state index is 0.192. The first-order valence-corrected chi connectivity index (χ1v) is 7.36. The zero-order valence-corrected chi connectivity index (χ0v) is 12.6. The molecule has 20 heavy (non-hydrogen) atoms. The number of carbonyl (C=O) groups excluding carboxylic acids is 1. The van der Waals surface area contributed by atoms with Crippen molar-refractivity contribution >= 4 is 34.6 Å². The molecule has 0 amide bonds. The fraction of sp³-hybridized carbons (Fsp3) is 0.286. The zero-order valence-electron chi connectivity index (χ0n) is 11.1. The van der Waals surface area contributed by atoms with Crippen LogP contribution in [0, 0.1) is 0 Å². The number of methoxy groups -OCH3 is 1. The molecule has 2 rings (SSSR count). The molecule has 4 nitrogen and oxygen atoms in total. The van der Waals surface area contributed by atoms with Crippen LogP contribution in [-0.2, 0) is 22.5 Å². The molecule has 0 unspecified atom stereocenters. The monoisotopic (exact) mass is 310 g/mol. The highest BCUT2D eigenvalue weighted by Crippen LogP contribution is 2.19. The highest BCUT2D eigenvalue weighted by molar-refractivity contribution is 7.15. The van der Waals surface area contributed by atoms with E-state index in [2.05, 4.69) is 15.0 Å². The van der Waals surface area contributed by atoms with Gasteiger partial charge in [-0.25, -0.2) is 4.98 Å². The third-order valence-electron chi connectivity index (χ3n) is 2.76. The van der Waals surface area contributed by atoms with Gasteiger partial charge in [0.05, 0.1) is 13.7 Å². The smallest absolute Gasteiger partial charge is 0.305 e. The maximum atomic E-state index is 11.1. The second-order valence-electron chi connectivity index (χ2n) is 4.21. The first kappa shape index (κ1) is 14.8.